The van der Waals surface area contributed by atoms with Crippen molar-refractivity contribution in [2.24, 2.45) is 5.92 Å². The summed E-state index contributed by atoms with van der Waals surface area (Å²) < 4.78 is 25.7. The van der Waals surface area contributed by atoms with Gasteiger partial charge in [0, 0.05) is 37.8 Å². The number of methoxy groups -OCH3 is 1. The van der Waals surface area contributed by atoms with E-state index in [2.05, 4.69) is 4.98 Å². The van der Waals surface area contributed by atoms with Gasteiger partial charge in [0.25, 0.3) is 11.5 Å². The number of aromatic amines is 1. The number of halogens is 1. The lowest BCUT2D eigenvalue weighted by Crippen LogP contribution is -2.42. The summed E-state index contributed by atoms with van der Waals surface area (Å²) in [7, 11) is 1.52. The quantitative estimate of drug-likeness (QED) is 0.513. The highest BCUT2D eigenvalue weighted by Gasteiger charge is 2.29. The second-order valence-corrected chi connectivity index (χ2v) is 8.00. The molecule has 0 spiro atoms. The number of ether oxygens (including phenoxy) is 1. The predicted octanol–water partition coefficient (Wildman–Crippen LogP) is 2.65. The number of nitrogens with two attached hydrogens (primary N) is 1. The lowest BCUT2D eigenvalue weighted by atomic mass is 10.1. The fourth-order valence-electron chi connectivity index (χ4n) is 3.59. The molecule has 3 rings (SSSR count). The first-order valence-electron chi connectivity index (χ1n) is 10.3. The molecule has 0 atom stereocenters. The van der Waals surface area contributed by atoms with Crippen LogP contribution in [-0.2, 0) is 11.3 Å². The van der Waals surface area contributed by atoms with E-state index in [0.29, 0.717) is 29.6 Å². The van der Waals surface area contributed by atoms with Gasteiger partial charge >= 0.3 is 5.69 Å². The predicted molar refractivity (Wildman–Crippen MR) is 120 cm³/mol. The normalized spacial score (nSPS) is 11.4. The Morgan fingerprint density at radius 2 is 2.06 bits per heavy atom. The van der Waals surface area contributed by atoms with Crippen LogP contribution in [0.4, 0.5) is 15.9 Å². The van der Waals surface area contributed by atoms with Gasteiger partial charge < -0.3 is 14.9 Å². The largest absolute Gasteiger partial charge is 0.451 e. The number of nitrogens with one attached hydrogen (secondary N) is 1. The van der Waals surface area contributed by atoms with Crippen LogP contribution in [0.2, 0.25) is 0 Å². The molecule has 0 aliphatic carbocycles. The maximum absolute atomic E-state index is 13.7. The molecule has 172 valence electrons. The number of carbonyl (C=O) groups excluding carboxylic acids is 1. The van der Waals surface area contributed by atoms with Crippen LogP contribution in [0.25, 0.3) is 11.0 Å². The Balaban J connectivity index is 2.16. The van der Waals surface area contributed by atoms with E-state index in [9.17, 15) is 18.8 Å². The first-order chi connectivity index (χ1) is 15.1. The summed E-state index contributed by atoms with van der Waals surface area (Å²) in [6, 6.07) is 3.96. The number of amides is 1. The monoisotopic (exact) mass is 446 g/mol. The molecule has 1 amide bonds. The number of nitrogen functional groups attached to an aromatic ring is 1. The lowest BCUT2D eigenvalue weighted by molar-refractivity contribution is 0.0958. The zero-order valence-electron chi connectivity index (χ0n) is 18.5. The van der Waals surface area contributed by atoms with E-state index < -0.39 is 23.0 Å². The van der Waals surface area contributed by atoms with Gasteiger partial charge in [-0.15, -0.1) is 0 Å². The number of fused-ring (bicyclic) bond motifs is 1. The minimum atomic E-state index is -0.780. The Morgan fingerprint density at radius 3 is 2.72 bits per heavy atom. The van der Waals surface area contributed by atoms with Crippen molar-refractivity contribution in [2.45, 2.75) is 33.7 Å². The number of furan rings is 1. The minimum Gasteiger partial charge on any atom is -0.451 e. The SMILES string of the molecule is COCCCN(C(=O)c1oc2ccc(F)cc2c1C)c1c(N)n(CC(C)C)c(=O)[nH]c1=O. The van der Waals surface area contributed by atoms with Crippen LogP contribution in [0.1, 0.15) is 36.4 Å². The van der Waals surface area contributed by atoms with Gasteiger partial charge in [0.2, 0.25) is 0 Å². The summed E-state index contributed by atoms with van der Waals surface area (Å²) in [5, 5.41) is 0.455. The van der Waals surface area contributed by atoms with Crippen LogP contribution >= 0.6 is 0 Å². The maximum Gasteiger partial charge on any atom is 0.330 e. The van der Waals surface area contributed by atoms with Gasteiger partial charge in [0.15, 0.2) is 11.4 Å². The Morgan fingerprint density at radius 1 is 1.34 bits per heavy atom. The van der Waals surface area contributed by atoms with Crippen LogP contribution in [0.5, 0.6) is 0 Å². The molecule has 2 heterocycles. The van der Waals surface area contributed by atoms with E-state index in [-0.39, 0.29) is 36.3 Å². The number of aryl methyl sites for hydroxylation is 1. The number of carbonyl (C=O) groups is 1. The molecule has 0 radical (unpaired) electrons. The van der Waals surface area contributed by atoms with Crippen LogP contribution in [0.3, 0.4) is 0 Å². The fraction of sp³-hybridized carbons (Fsp3) is 0.409. The van der Waals surface area contributed by atoms with Crippen LogP contribution < -0.4 is 21.9 Å². The third kappa shape index (κ3) is 4.45. The van der Waals surface area contributed by atoms with Gasteiger partial charge in [-0.25, -0.2) is 9.18 Å². The molecule has 1 aromatic carbocycles. The molecule has 0 bridgehead atoms. The number of rotatable bonds is 8. The average Bonchev–Trinajstić information content (AvgIpc) is 3.05. The van der Waals surface area contributed by atoms with Crippen LogP contribution in [0.15, 0.2) is 32.2 Å². The van der Waals surface area contributed by atoms with Crippen molar-refractivity contribution < 1.29 is 18.3 Å². The number of hydrogen-bond acceptors (Lipinski definition) is 6. The summed E-state index contributed by atoms with van der Waals surface area (Å²) >= 11 is 0. The molecule has 2 aromatic heterocycles. The second kappa shape index (κ2) is 9.39. The van der Waals surface area contributed by atoms with E-state index >= 15 is 0 Å². The van der Waals surface area contributed by atoms with E-state index in [1.165, 1.54) is 34.8 Å². The Labute approximate surface area is 183 Å². The van der Waals surface area contributed by atoms with Gasteiger partial charge in [-0.2, -0.15) is 0 Å². The zero-order chi connectivity index (χ0) is 23.6. The molecule has 0 aliphatic heterocycles. The van der Waals surface area contributed by atoms with E-state index in [1.54, 1.807) is 6.92 Å². The molecule has 0 unspecified atom stereocenters. The van der Waals surface area contributed by atoms with Crippen LogP contribution in [-0.4, -0.2) is 35.7 Å². The molecule has 3 aromatic rings. The lowest BCUT2D eigenvalue weighted by Gasteiger charge is -2.24. The molecule has 0 aliphatic rings. The van der Waals surface area contributed by atoms with Crippen molar-refractivity contribution in [3.8, 4) is 0 Å². The van der Waals surface area contributed by atoms with Crippen molar-refractivity contribution in [1.29, 1.82) is 0 Å². The number of H-pyrrole nitrogens is 1. The third-order valence-corrected chi connectivity index (χ3v) is 5.10. The highest BCUT2D eigenvalue weighted by atomic mass is 19.1. The van der Waals surface area contributed by atoms with Gasteiger partial charge in [-0.3, -0.25) is 24.0 Å². The van der Waals surface area contributed by atoms with Crippen molar-refractivity contribution in [1.82, 2.24) is 9.55 Å². The molecule has 0 saturated heterocycles. The topological polar surface area (TPSA) is 124 Å². The molecular weight excluding hydrogens is 419 g/mol. The van der Waals surface area contributed by atoms with Gasteiger partial charge in [0.05, 0.1) is 0 Å². The number of benzene rings is 1. The van der Waals surface area contributed by atoms with Gasteiger partial charge in [0.1, 0.15) is 17.2 Å². The minimum absolute atomic E-state index is 0.0385. The molecule has 9 nitrogen and oxygen atoms in total. The number of hydrogen-bond donors (Lipinski definition) is 2. The zero-order valence-corrected chi connectivity index (χ0v) is 18.5. The first-order valence-corrected chi connectivity index (χ1v) is 10.3. The van der Waals surface area contributed by atoms with Gasteiger partial charge in [-0.1, -0.05) is 13.8 Å². The van der Waals surface area contributed by atoms with E-state index in [4.69, 9.17) is 14.9 Å². The second-order valence-electron chi connectivity index (χ2n) is 8.00. The van der Waals surface area contributed by atoms with Crippen molar-refractivity contribution >= 4 is 28.4 Å². The third-order valence-electron chi connectivity index (χ3n) is 5.10. The molecule has 10 heteroatoms. The summed E-state index contributed by atoms with van der Waals surface area (Å²) in [5.41, 5.74) is 5.44. The molecule has 0 fully saturated rings. The molecule has 32 heavy (non-hydrogen) atoms. The Hall–Kier alpha value is -3.40. The van der Waals surface area contributed by atoms with Crippen molar-refractivity contribution in [2.75, 3.05) is 30.9 Å². The number of anilines is 2. The molecular formula is C22H27FN4O5. The summed E-state index contributed by atoms with van der Waals surface area (Å²) in [4.78, 5) is 42.1. The van der Waals surface area contributed by atoms with Crippen molar-refractivity contribution in [3.05, 3.63) is 56.2 Å². The van der Waals surface area contributed by atoms with E-state index in [0.717, 1.165) is 0 Å². The molecule has 3 N–H and O–H groups in total. The summed E-state index contributed by atoms with van der Waals surface area (Å²) in [5.74, 6) is -1.17. The highest BCUT2D eigenvalue weighted by molar-refractivity contribution is 6.08. The first kappa shape index (κ1) is 23.3. The van der Waals surface area contributed by atoms with E-state index in [1.807, 2.05) is 13.8 Å². The molecule has 0 saturated carbocycles. The van der Waals surface area contributed by atoms with Crippen molar-refractivity contribution in [3.63, 3.8) is 0 Å². The smallest absolute Gasteiger partial charge is 0.330 e. The fourth-order valence-corrected chi connectivity index (χ4v) is 3.59. The van der Waals surface area contributed by atoms with Crippen LogP contribution in [0, 0.1) is 18.7 Å². The summed E-state index contributed by atoms with van der Waals surface area (Å²) in [6.07, 6.45) is 0.401. The van der Waals surface area contributed by atoms with Gasteiger partial charge in [-0.05, 0) is 37.5 Å². The summed E-state index contributed by atoms with van der Waals surface area (Å²) in [6.45, 7) is 6.11. The Kier molecular flexibility index (Phi) is 6.83. The number of nitrogens with zero attached hydrogens (tertiary/aromatic N) is 2. The highest BCUT2D eigenvalue weighted by Crippen LogP contribution is 2.29. The Bertz CT molecular complexity index is 1260. The number of aromatic nitrogens is 2. The maximum atomic E-state index is 13.7. The average molecular weight is 446 g/mol. The standard InChI is InChI=1S/C22H27FN4O5/c1-12(2)11-27-19(24)17(20(28)25-22(27)30)26(8-5-9-31-4)21(29)18-13(3)15-10-14(23)6-7-16(15)32-18/h6-7,10,12H,5,8-9,11,24H2,1-4H3,(H,25,28,30).